The first kappa shape index (κ1) is 34.4. The van der Waals surface area contributed by atoms with Gasteiger partial charge in [-0.05, 0) is 93.6 Å². The Labute approximate surface area is 251 Å². The molecule has 0 aliphatic carbocycles. The molecular formula is C34H48FN5O2. The van der Waals surface area contributed by atoms with E-state index in [1.165, 1.54) is 11.0 Å². The lowest BCUT2D eigenvalue weighted by molar-refractivity contribution is 0.0827. The number of amides is 1. The van der Waals surface area contributed by atoms with Crippen molar-refractivity contribution in [1.82, 2.24) is 14.4 Å². The summed E-state index contributed by atoms with van der Waals surface area (Å²) < 4.78 is 16.7. The van der Waals surface area contributed by atoms with E-state index in [0.717, 1.165) is 48.3 Å². The first-order chi connectivity index (χ1) is 20.0. The number of carbonyl (C=O) groups excluding carboxylic acids is 1. The predicted molar refractivity (Wildman–Crippen MR) is 175 cm³/mol. The molecule has 1 aliphatic rings. The smallest absolute Gasteiger partial charge is 0.257 e. The second kappa shape index (κ2) is 16.0. The molecule has 42 heavy (non-hydrogen) atoms. The van der Waals surface area contributed by atoms with Crippen molar-refractivity contribution < 1.29 is 9.18 Å². The molecule has 1 aliphatic heterocycles. The summed E-state index contributed by atoms with van der Waals surface area (Å²) in [7, 11) is 6.80. The zero-order chi connectivity index (χ0) is 31.6. The first-order valence-corrected chi connectivity index (χ1v) is 14.6. The molecule has 1 saturated heterocycles. The van der Waals surface area contributed by atoms with Gasteiger partial charge < -0.3 is 10.2 Å². The minimum absolute atomic E-state index is 0.113. The fourth-order valence-electron chi connectivity index (χ4n) is 5.31. The Morgan fingerprint density at radius 2 is 1.86 bits per heavy atom. The standard InChI is InChI=1S/C32H42FN5O2.C2H6/c1-21(17-22(2)29(9-13-34-5)38-16-12-27(35-6)20-30(38)39)24(4)37-14-10-25(11-15-37)31-23(3)18-26(19-28(31)33)32(40)36(7)8;1-2/h9,12-13,16-20,24-25,35H,2,10-11,14-15H2,1,3-8H3;1-2H3/b21-17+,29-9+,34-13?;/t24-;/m1./s1. The molecule has 1 aromatic heterocycles. The fraction of sp³-hybridized carbons (Fsp3) is 0.441. The number of aromatic nitrogens is 1. The normalized spacial score (nSPS) is 15.7. The topological polar surface area (TPSA) is 69.9 Å². The molecule has 1 amide bonds. The van der Waals surface area contributed by atoms with Gasteiger partial charge in [-0.1, -0.05) is 32.1 Å². The molecule has 0 unspecified atom stereocenters. The molecule has 8 heteroatoms. The lowest BCUT2D eigenvalue weighted by atomic mass is 9.85. The van der Waals surface area contributed by atoms with Crippen molar-refractivity contribution in [2.24, 2.45) is 4.99 Å². The number of allylic oxidation sites excluding steroid dienone is 4. The Balaban J connectivity index is 0.00000301. The van der Waals surface area contributed by atoms with Gasteiger partial charge in [0.1, 0.15) is 5.82 Å². The minimum Gasteiger partial charge on any atom is -0.388 e. The molecule has 1 N–H and O–H groups in total. The molecule has 228 valence electrons. The summed E-state index contributed by atoms with van der Waals surface area (Å²) >= 11 is 0. The van der Waals surface area contributed by atoms with Crippen molar-refractivity contribution >= 4 is 23.5 Å². The Morgan fingerprint density at radius 3 is 2.38 bits per heavy atom. The molecule has 2 heterocycles. The van der Waals surface area contributed by atoms with Crippen LogP contribution in [0, 0.1) is 12.7 Å². The third kappa shape index (κ3) is 8.38. The van der Waals surface area contributed by atoms with Gasteiger partial charge in [-0.25, -0.2) is 4.39 Å². The molecule has 0 saturated carbocycles. The van der Waals surface area contributed by atoms with Gasteiger partial charge in [0.2, 0.25) is 0 Å². The quantitative estimate of drug-likeness (QED) is 0.278. The van der Waals surface area contributed by atoms with Crippen molar-refractivity contribution in [3.8, 4) is 0 Å². The van der Waals surface area contributed by atoms with Crippen LogP contribution in [-0.2, 0) is 0 Å². The van der Waals surface area contributed by atoms with Gasteiger partial charge >= 0.3 is 0 Å². The maximum Gasteiger partial charge on any atom is 0.257 e. The summed E-state index contributed by atoms with van der Waals surface area (Å²) in [6.45, 7) is 16.1. The largest absolute Gasteiger partial charge is 0.388 e. The molecule has 1 fully saturated rings. The number of benzene rings is 1. The van der Waals surface area contributed by atoms with Gasteiger partial charge in [-0.3, -0.25) is 24.0 Å². The van der Waals surface area contributed by atoms with E-state index in [-0.39, 0.29) is 29.2 Å². The van der Waals surface area contributed by atoms with E-state index in [0.29, 0.717) is 16.8 Å². The maximum atomic E-state index is 15.2. The zero-order valence-electron chi connectivity index (χ0n) is 26.8. The zero-order valence-corrected chi connectivity index (χ0v) is 26.8. The number of halogens is 1. The average molecular weight is 578 g/mol. The Morgan fingerprint density at radius 1 is 1.21 bits per heavy atom. The number of pyridine rings is 1. The third-order valence-electron chi connectivity index (χ3n) is 7.71. The van der Waals surface area contributed by atoms with E-state index in [1.54, 1.807) is 63.4 Å². The number of rotatable bonds is 9. The van der Waals surface area contributed by atoms with E-state index in [4.69, 9.17) is 0 Å². The molecule has 0 radical (unpaired) electrons. The second-order valence-electron chi connectivity index (χ2n) is 10.6. The van der Waals surface area contributed by atoms with Gasteiger partial charge in [0.15, 0.2) is 0 Å². The molecule has 0 bridgehead atoms. The number of anilines is 1. The van der Waals surface area contributed by atoms with Gasteiger partial charge in [0.05, 0.1) is 5.70 Å². The number of hydrogen-bond donors (Lipinski definition) is 1. The number of hydrogen-bond acceptors (Lipinski definition) is 5. The SMILES string of the molecule is C=C(/C=C(\C)[C@@H](C)N1CCC(c2c(C)cc(C(=O)N(C)C)cc2F)CC1)/C(=C\C=NC)n1ccc(NC)cc1=O.CC. The van der Waals surface area contributed by atoms with E-state index in [1.807, 2.05) is 32.9 Å². The van der Waals surface area contributed by atoms with Gasteiger partial charge in [-0.15, -0.1) is 0 Å². The number of likely N-dealkylation sites (tertiary alicyclic amines) is 1. The number of nitrogens with one attached hydrogen (secondary N) is 1. The Hall–Kier alpha value is -3.78. The van der Waals surface area contributed by atoms with Crippen molar-refractivity contribution in [1.29, 1.82) is 0 Å². The first-order valence-electron chi connectivity index (χ1n) is 14.6. The van der Waals surface area contributed by atoms with E-state index in [9.17, 15) is 9.59 Å². The van der Waals surface area contributed by atoms with Gasteiger partial charge in [0.25, 0.3) is 11.5 Å². The summed E-state index contributed by atoms with van der Waals surface area (Å²) in [5.74, 6) is -0.376. The Kier molecular flexibility index (Phi) is 13.1. The fourth-order valence-corrected chi connectivity index (χ4v) is 5.31. The highest BCUT2D eigenvalue weighted by molar-refractivity contribution is 5.94. The average Bonchev–Trinajstić information content (AvgIpc) is 2.98. The van der Waals surface area contributed by atoms with Gasteiger partial charge in [0, 0.05) is 64.0 Å². The lowest BCUT2D eigenvalue weighted by Gasteiger charge is -2.37. The van der Waals surface area contributed by atoms with Crippen LogP contribution in [0.4, 0.5) is 10.1 Å². The highest BCUT2D eigenvalue weighted by Gasteiger charge is 2.28. The summed E-state index contributed by atoms with van der Waals surface area (Å²) in [5, 5.41) is 2.99. The highest BCUT2D eigenvalue weighted by atomic mass is 19.1. The van der Waals surface area contributed by atoms with Crippen LogP contribution in [0.1, 0.15) is 67.9 Å². The number of aryl methyl sites for hydroxylation is 1. The van der Waals surface area contributed by atoms with Crippen LogP contribution in [0.2, 0.25) is 0 Å². The molecule has 7 nitrogen and oxygen atoms in total. The van der Waals surface area contributed by atoms with E-state index >= 15 is 4.39 Å². The minimum atomic E-state index is -0.294. The predicted octanol–water partition coefficient (Wildman–Crippen LogP) is 6.38. The summed E-state index contributed by atoms with van der Waals surface area (Å²) in [6.07, 6.45) is 8.87. The van der Waals surface area contributed by atoms with Crippen LogP contribution >= 0.6 is 0 Å². The second-order valence-corrected chi connectivity index (χ2v) is 10.6. The van der Waals surface area contributed by atoms with E-state index in [2.05, 4.69) is 35.6 Å². The van der Waals surface area contributed by atoms with Crippen LogP contribution in [0.15, 0.2) is 70.1 Å². The summed E-state index contributed by atoms with van der Waals surface area (Å²) in [5.41, 5.74) is 5.02. The number of nitrogens with zero attached hydrogens (tertiary/aromatic N) is 4. The summed E-state index contributed by atoms with van der Waals surface area (Å²) in [6, 6.07) is 6.72. The summed E-state index contributed by atoms with van der Waals surface area (Å²) in [4.78, 5) is 33.0. The number of carbonyl (C=O) groups is 1. The van der Waals surface area contributed by atoms with Crippen LogP contribution < -0.4 is 10.9 Å². The molecule has 0 spiro atoms. The molecule has 1 aromatic carbocycles. The Bertz CT molecular complexity index is 1370. The van der Waals surface area contributed by atoms with Crippen LogP contribution in [0.5, 0.6) is 0 Å². The monoisotopic (exact) mass is 577 g/mol. The molecular weight excluding hydrogens is 529 g/mol. The molecule has 1 atom stereocenters. The van der Waals surface area contributed by atoms with Crippen molar-refractivity contribution in [2.45, 2.75) is 59.4 Å². The number of aliphatic imine (C=N–C) groups is 1. The maximum absolute atomic E-state index is 15.2. The van der Waals surface area contributed by atoms with Crippen LogP contribution in [0.3, 0.4) is 0 Å². The van der Waals surface area contributed by atoms with Crippen LogP contribution in [0.25, 0.3) is 5.70 Å². The number of piperidine rings is 1. The van der Waals surface area contributed by atoms with Crippen LogP contribution in [-0.4, -0.2) is 73.8 Å². The highest BCUT2D eigenvalue weighted by Crippen LogP contribution is 2.34. The van der Waals surface area contributed by atoms with E-state index < -0.39 is 0 Å². The van der Waals surface area contributed by atoms with Crippen molar-refractivity contribution in [3.63, 3.8) is 0 Å². The van der Waals surface area contributed by atoms with Crippen molar-refractivity contribution in [3.05, 3.63) is 93.2 Å². The van der Waals surface area contributed by atoms with Crippen molar-refractivity contribution in [2.75, 3.05) is 46.6 Å². The third-order valence-corrected chi connectivity index (χ3v) is 7.71. The van der Waals surface area contributed by atoms with Gasteiger partial charge in [-0.2, -0.15) is 0 Å². The molecule has 2 aromatic rings. The molecule has 3 rings (SSSR count). The lowest BCUT2D eigenvalue weighted by Crippen LogP contribution is -2.40.